The van der Waals surface area contributed by atoms with Crippen LogP contribution in [-0.2, 0) is 19.1 Å². The van der Waals surface area contributed by atoms with Crippen LogP contribution in [0.5, 0.6) is 0 Å². The number of halogens is 2. The van der Waals surface area contributed by atoms with Crippen molar-refractivity contribution in [2.24, 2.45) is 0 Å². The van der Waals surface area contributed by atoms with Crippen LogP contribution in [0.2, 0.25) is 10.0 Å². The normalized spacial score (nSPS) is 16.1. The van der Waals surface area contributed by atoms with E-state index in [2.05, 4.69) is 5.32 Å². The number of carbonyl (C=O) groups is 3. The van der Waals surface area contributed by atoms with E-state index in [1.807, 2.05) is 32.0 Å². The van der Waals surface area contributed by atoms with Gasteiger partial charge in [0.05, 0.1) is 22.2 Å². The molecule has 0 spiro atoms. The van der Waals surface area contributed by atoms with E-state index in [-0.39, 0.29) is 31.4 Å². The molecular weight excluding hydrogens is 463 g/mol. The maximum Gasteiger partial charge on any atom is 0.336 e. The Morgan fingerprint density at radius 1 is 1.06 bits per heavy atom. The minimum absolute atomic E-state index is 0.000366. The van der Waals surface area contributed by atoms with Crippen LogP contribution in [0.1, 0.15) is 42.9 Å². The molecule has 1 unspecified atom stereocenters. The lowest BCUT2D eigenvalue weighted by Crippen LogP contribution is -2.42. The maximum absolute atomic E-state index is 13.1. The molecule has 0 bridgehead atoms. The van der Waals surface area contributed by atoms with Crippen molar-refractivity contribution in [1.29, 1.82) is 0 Å². The number of amides is 2. The topological polar surface area (TPSA) is 75.7 Å². The van der Waals surface area contributed by atoms with Crippen LogP contribution < -0.4 is 5.32 Å². The van der Waals surface area contributed by atoms with Gasteiger partial charge in [-0.3, -0.25) is 9.59 Å². The summed E-state index contributed by atoms with van der Waals surface area (Å²) in [5.74, 6) is -1.71. The summed E-state index contributed by atoms with van der Waals surface area (Å²) < 4.78 is 5.27. The van der Waals surface area contributed by atoms with Crippen molar-refractivity contribution in [3.05, 3.63) is 74.4 Å². The van der Waals surface area contributed by atoms with E-state index >= 15 is 0 Å². The van der Waals surface area contributed by atoms with E-state index in [4.69, 9.17) is 27.9 Å². The molecule has 2 aromatic carbocycles. The number of rotatable bonds is 6. The third-order valence-electron chi connectivity index (χ3n) is 5.76. The number of benzene rings is 2. The van der Waals surface area contributed by atoms with Gasteiger partial charge in [0.1, 0.15) is 6.54 Å². The first kappa shape index (κ1) is 24.8. The van der Waals surface area contributed by atoms with Gasteiger partial charge in [0.2, 0.25) is 11.8 Å². The number of ether oxygens (including phenoxy) is 1. The smallest absolute Gasteiger partial charge is 0.336 e. The number of esters is 1. The molecule has 6 nitrogen and oxygen atoms in total. The first-order chi connectivity index (χ1) is 15.6. The van der Waals surface area contributed by atoms with Gasteiger partial charge in [-0.15, -0.1) is 0 Å². The molecule has 8 heteroatoms. The van der Waals surface area contributed by atoms with Crippen molar-refractivity contribution in [3.8, 4) is 0 Å². The average molecular weight is 489 g/mol. The molecule has 0 aromatic heterocycles. The lowest BCUT2D eigenvalue weighted by atomic mass is 9.83. The molecule has 1 N–H and O–H groups in total. The lowest BCUT2D eigenvalue weighted by molar-refractivity contribution is -0.140. The molecule has 3 rings (SSSR count). The summed E-state index contributed by atoms with van der Waals surface area (Å²) in [6, 6.07) is 10.6. The monoisotopic (exact) mass is 488 g/mol. The van der Waals surface area contributed by atoms with Crippen LogP contribution in [-0.4, -0.2) is 35.8 Å². The predicted octanol–water partition coefficient (Wildman–Crippen LogP) is 5.40. The molecule has 1 heterocycles. The second-order valence-electron chi connectivity index (χ2n) is 7.98. The quantitative estimate of drug-likeness (QED) is 0.552. The highest BCUT2D eigenvalue weighted by molar-refractivity contribution is 6.42. The molecule has 1 aliphatic rings. The highest BCUT2D eigenvalue weighted by atomic mass is 35.5. The van der Waals surface area contributed by atoms with Gasteiger partial charge in [-0.2, -0.15) is 0 Å². The van der Waals surface area contributed by atoms with Crippen molar-refractivity contribution >= 4 is 46.7 Å². The van der Waals surface area contributed by atoms with Crippen molar-refractivity contribution in [3.63, 3.8) is 0 Å². The van der Waals surface area contributed by atoms with E-state index in [1.165, 1.54) is 4.90 Å². The van der Waals surface area contributed by atoms with Crippen LogP contribution in [0, 0.1) is 13.8 Å². The van der Waals surface area contributed by atoms with Crippen molar-refractivity contribution < 1.29 is 19.1 Å². The van der Waals surface area contributed by atoms with E-state index < -0.39 is 11.9 Å². The summed E-state index contributed by atoms with van der Waals surface area (Å²) in [5, 5.41) is 3.53. The molecule has 174 valence electrons. The average Bonchev–Trinajstić information content (AvgIpc) is 2.75. The van der Waals surface area contributed by atoms with E-state index in [9.17, 15) is 14.4 Å². The van der Waals surface area contributed by atoms with Crippen molar-refractivity contribution in [1.82, 2.24) is 4.90 Å². The maximum atomic E-state index is 13.1. The second kappa shape index (κ2) is 10.4. The summed E-state index contributed by atoms with van der Waals surface area (Å²) in [7, 11) is 0. The first-order valence-electron chi connectivity index (χ1n) is 10.6. The number of carbonyl (C=O) groups excluding carboxylic acids is 3. The highest BCUT2D eigenvalue weighted by Crippen LogP contribution is 2.39. The SMILES string of the molecule is CCOC(=O)C1=C(C)N(CC(=O)Nc2ccc(C)c(C)c2)C(=O)CC1c1ccc(Cl)c(Cl)c1. The number of hydrogen-bond acceptors (Lipinski definition) is 4. The number of anilines is 1. The molecule has 1 aliphatic heterocycles. The first-order valence-corrected chi connectivity index (χ1v) is 11.4. The fourth-order valence-electron chi connectivity index (χ4n) is 3.85. The number of nitrogens with one attached hydrogen (secondary N) is 1. The van der Waals surface area contributed by atoms with Crippen LogP contribution in [0.3, 0.4) is 0 Å². The minimum atomic E-state index is -0.551. The molecule has 0 fully saturated rings. The Morgan fingerprint density at radius 2 is 1.79 bits per heavy atom. The van der Waals surface area contributed by atoms with Gasteiger partial charge in [0.25, 0.3) is 0 Å². The standard InChI is InChI=1S/C25H26Cl2N2O4/c1-5-33-25(32)24-16(4)29(13-22(30)28-18-8-6-14(2)15(3)10-18)23(31)12-19(24)17-7-9-20(26)21(27)11-17/h6-11,19H,5,12-13H2,1-4H3,(H,28,30). The summed E-state index contributed by atoms with van der Waals surface area (Å²) in [4.78, 5) is 40.0. The van der Waals surface area contributed by atoms with Crippen molar-refractivity contribution in [2.45, 2.75) is 40.0 Å². The number of nitrogens with zero attached hydrogens (tertiary/aromatic N) is 1. The zero-order chi connectivity index (χ0) is 24.3. The number of allylic oxidation sites excluding steroid dienone is 1. The van der Waals surface area contributed by atoms with Gasteiger partial charge >= 0.3 is 5.97 Å². The molecule has 0 saturated heterocycles. The molecular formula is C25H26Cl2N2O4. The van der Waals surface area contributed by atoms with Crippen molar-refractivity contribution in [2.75, 3.05) is 18.5 Å². The molecule has 0 saturated carbocycles. The van der Waals surface area contributed by atoms with Gasteiger partial charge in [-0.1, -0.05) is 35.3 Å². The summed E-state index contributed by atoms with van der Waals surface area (Å²) >= 11 is 12.2. The third kappa shape index (κ3) is 5.57. The Kier molecular flexibility index (Phi) is 7.82. The molecule has 1 atom stereocenters. The highest BCUT2D eigenvalue weighted by Gasteiger charge is 2.37. The number of aryl methyl sites for hydroxylation is 2. The third-order valence-corrected chi connectivity index (χ3v) is 6.50. The van der Waals surface area contributed by atoms with Crippen LogP contribution in [0.4, 0.5) is 5.69 Å². The number of hydrogen-bond donors (Lipinski definition) is 1. The van der Waals surface area contributed by atoms with Gasteiger partial charge in [-0.25, -0.2) is 4.79 Å². The molecule has 33 heavy (non-hydrogen) atoms. The Hall–Kier alpha value is -2.83. The molecule has 2 aromatic rings. The summed E-state index contributed by atoms with van der Waals surface area (Å²) in [6.07, 6.45) is 0.000366. The summed E-state index contributed by atoms with van der Waals surface area (Å²) in [6.45, 7) is 7.28. The van der Waals surface area contributed by atoms with E-state index in [0.29, 0.717) is 32.6 Å². The fraction of sp³-hybridized carbons (Fsp3) is 0.320. The molecule has 0 aliphatic carbocycles. The largest absolute Gasteiger partial charge is 0.463 e. The lowest BCUT2D eigenvalue weighted by Gasteiger charge is -2.34. The fourth-order valence-corrected chi connectivity index (χ4v) is 4.16. The molecule has 0 radical (unpaired) electrons. The van der Waals surface area contributed by atoms with Crippen LogP contribution in [0.25, 0.3) is 0 Å². The van der Waals surface area contributed by atoms with E-state index in [1.54, 1.807) is 32.0 Å². The zero-order valence-electron chi connectivity index (χ0n) is 19.0. The second-order valence-corrected chi connectivity index (χ2v) is 8.79. The predicted molar refractivity (Wildman–Crippen MR) is 129 cm³/mol. The molecule has 2 amide bonds. The summed E-state index contributed by atoms with van der Waals surface area (Å²) in [5.41, 5.74) is 4.20. The Morgan fingerprint density at radius 3 is 2.42 bits per heavy atom. The Bertz CT molecular complexity index is 1140. The van der Waals surface area contributed by atoms with Gasteiger partial charge in [-0.05, 0) is 68.7 Å². The Balaban J connectivity index is 1.91. The minimum Gasteiger partial charge on any atom is -0.463 e. The van der Waals surface area contributed by atoms with Gasteiger partial charge < -0.3 is 15.0 Å². The van der Waals surface area contributed by atoms with Gasteiger partial charge in [0.15, 0.2) is 0 Å². The Labute approximate surface area is 203 Å². The van der Waals surface area contributed by atoms with Crippen LogP contribution in [0.15, 0.2) is 47.7 Å². The van der Waals surface area contributed by atoms with E-state index in [0.717, 1.165) is 11.1 Å². The van der Waals surface area contributed by atoms with Gasteiger partial charge in [0, 0.05) is 23.7 Å². The van der Waals surface area contributed by atoms with Crippen LogP contribution >= 0.6 is 23.2 Å². The zero-order valence-corrected chi connectivity index (χ0v) is 20.5.